The maximum absolute atomic E-state index is 14.1. The van der Waals surface area contributed by atoms with Crippen LogP contribution in [0.5, 0.6) is 5.75 Å². The first-order valence-electron chi connectivity index (χ1n) is 13.9. The van der Waals surface area contributed by atoms with Crippen molar-refractivity contribution in [2.75, 3.05) is 45.0 Å². The molecule has 14 nitrogen and oxygen atoms in total. The summed E-state index contributed by atoms with van der Waals surface area (Å²) in [5, 5.41) is 48.9. The summed E-state index contributed by atoms with van der Waals surface area (Å²) in [4.78, 5) is 51.2. The number of nitrogens with two attached hydrogens (primary N) is 2. The average Bonchev–Trinajstić information content (AvgIpc) is 2.95. The highest BCUT2D eigenvalue weighted by Crippen LogP contribution is 2.54. The summed E-state index contributed by atoms with van der Waals surface area (Å²) >= 11 is 0. The van der Waals surface area contributed by atoms with Gasteiger partial charge in [-0.1, -0.05) is 0 Å². The number of aromatic hydroxyl groups is 1. The van der Waals surface area contributed by atoms with E-state index in [1.807, 2.05) is 0 Å². The van der Waals surface area contributed by atoms with E-state index >= 15 is 0 Å². The molecule has 9 N–H and O–H groups in total. The van der Waals surface area contributed by atoms with Crippen LogP contribution in [0, 0.1) is 11.8 Å². The Labute approximate surface area is 253 Å². The number of amides is 1. The Morgan fingerprint density at radius 1 is 1.18 bits per heavy atom. The van der Waals surface area contributed by atoms with E-state index in [1.165, 1.54) is 4.90 Å². The number of phenolic OH excluding ortho intramolecular Hbond substituents is 1. The summed E-state index contributed by atoms with van der Waals surface area (Å²) in [7, 11) is 6.64. The van der Waals surface area contributed by atoms with Gasteiger partial charge in [-0.25, -0.2) is 4.99 Å². The number of carbonyl (C=O) groups excluding carboxylic acids is 3. The van der Waals surface area contributed by atoms with Crippen LogP contribution in [0.4, 0.5) is 17.1 Å². The van der Waals surface area contributed by atoms with E-state index in [1.54, 1.807) is 63.7 Å². The van der Waals surface area contributed by atoms with Crippen molar-refractivity contribution in [2.45, 2.75) is 24.5 Å². The van der Waals surface area contributed by atoms with Crippen molar-refractivity contribution in [2.24, 2.45) is 28.3 Å². The summed E-state index contributed by atoms with van der Waals surface area (Å²) in [6.45, 7) is 0.112. The zero-order chi connectivity index (χ0) is 32.2. The van der Waals surface area contributed by atoms with Gasteiger partial charge in [-0.2, -0.15) is 0 Å². The SMILES string of the molecule is CN(C)c1cc(N=C(N)CNc2cccnc2)c(O)c2c1CC1CC3[C@H](N(C)C)C(=O)C(C(N)=O)=C(O)[C@@]3(O)C(=O)C1=C2O. The number of nitrogens with zero attached hydrogens (tertiary/aromatic N) is 4. The predicted octanol–water partition coefficient (Wildman–Crippen LogP) is 0.526. The highest BCUT2D eigenvalue weighted by Gasteiger charge is 2.64. The zero-order valence-corrected chi connectivity index (χ0v) is 24.7. The van der Waals surface area contributed by atoms with Gasteiger partial charge in [0.05, 0.1) is 23.8 Å². The Hall–Kier alpha value is -4.95. The lowest BCUT2D eigenvalue weighted by atomic mass is 9.57. The maximum Gasteiger partial charge on any atom is 0.255 e. The van der Waals surface area contributed by atoms with Gasteiger partial charge in [0.2, 0.25) is 5.78 Å². The van der Waals surface area contributed by atoms with Crippen LogP contribution in [0.1, 0.15) is 17.5 Å². The van der Waals surface area contributed by atoms with Crippen molar-refractivity contribution in [1.29, 1.82) is 0 Å². The number of rotatable bonds is 7. The van der Waals surface area contributed by atoms with E-state index < -0.39 is 63.8 Å². The molecule has 2 aromatic rings. The number of likely N-dealkylation sites (N-methyl/N-ethyl adjacent to an activating group) is 1. The number of hydrogen-bond donors (Lipinski definition) is 7. The summed E-state index contributed by atoms with van der Waals surface area (Å²) in [6, 6.07) is 4.00. The summed E-state index contributed by atoms with van der Waals surface area (Å²) in [5.74, 6) is -7.12. The van der Waals surface area contributed by atoms with Crippen molar-refractivity contribution in [3.05, 3.63) is 58.6 Å². The molecule has 0 saturated heterocycles. The number of ketones is 2. The summed E-state index contributed by atoms with van der Waals surface area (Å²) in [6.07, 6.45) is 3.38. The van der Waals surface area contributed by atoms with Crippen molar-refractivity contribution in [3.8, 4) is 5.75 Å². The molecule has 2 unspecified atom stereocenters. The van der Waals surface area contributed by atoms with Gasteiger partial charge < -0.3 is 42.1 Å². The molecule has 3 aliphatic carbocycles. The Morgan fingerprint density at radius 2 is 1.89 bits per heavy atom. The average molecular weight is 606 g/mol. The minimum absolute atomic E-state index is 0.00768. The van der Waals surface area contributed by atoms with Crippen LogP contribution >= 0.6 is 0 Å². The number of aliphatic hydroxyl groups excluding tert-OH is 2. The van der Waals surface area contributed by atoms with Crippen molar-refractivity contribution >= 4 is 46.1 Å². The van der Waals surface area contributed by atoms with E-state index in [0.29, 0.717) is 16.9 Å². The fraction of sp³-hybridized carbons (Fsp3) is 0.367. The van der Waals surface area contributed by atoms with Crippen LogP contribution in [-0.4, -0.2) is 100.0 Å². The Balaban J connectivity index is 1.64. The second-order valence-corrected chi connectivity index (χ2v) is 11.7. The van der Waals surface area contributed by atoms with E-state index in [2.05, 4.69) is 15.3 Å². The molecule has 3 aliphatic rings. The first-order chi connectivity index (χ1) is 20.7. The molecule has 0 aliphatic heterocycles. The topological polar surface area (TPSA) is 228 Å². The number of benzene rings is 1. The molecule has 1 amide bonds. The van der Waals surface area contributed by atoms with E-state index in [0.717, 1.165) is 0 Å². The van der Waals surface area contributed by atoms with Crippen LogP contribution in [0.2, 0.25) is 0 Å². The normalized spacial score (nSPS) is 25.0. The zero-order valence-electron chi connectivity index (χ0n) is 24.7. The number of phenols is 1. The number of hydrogen-bond acceptors (Lipinski definition) is 12. The molecular weight excluding hydrogens is 570 g/mol. The first kappa shape index (κ1) is 30.5. The van der Waals surface area contributed by atoms with Gasteiger partial charge in [-0.3, -0.25) is 24.3 Å². The van der Waals surface area contributed by atoms with Gasteiger partial charge in [-0.05, 0) is 56.6 Å². The lowest BCUT2D eigenvalue weighted by Crippen LogP contribution is -2.65. The maximum atomic E-state index is 14.1. The molecule has 1 aromatic carbocycles. The van der Waals surface area contributed by atoms with Crippen molar-refractivity contribution in [3.63, 3.8) is 0 Å². The largest absolute Gasteiger partial charge is 0.508 e. The van der Waals surface area contributed by atoms with Gasteiger partial charge in [0.25, 0.3) is 5.91 Å². The highest BCUT2D eigenvalue weighted by molar-refractivity contribution is 6.24. The van der Waals surface area contributed by atoms with Gasteiger partial charge >= 0.3 is 0 Å². The number of anilines is 2. The fourth-order valence-corrected chi connectivity index (χ4v) is 6.62. The molecule has 14 heteroatoms. The molecule has 1 heterocycles. The third-order valence-electron chi connectivity index (χ3n) is 8.56. The molecular formula is C30H35N7O7. The molecule has 1 aromatic heterocycles. The number of nitrogens with one attached hydrogen (secondary N) is 1. The smallest absolute Gasteiger partial charge is 0.255 e. The monoisotopic (exact) mass is 605 g/mol. The summed E-state index contributed by atoms with van der Waals surface area (Å²) < 4.78 is 0. The lowest BCUT2D eigenvalue weighted by molar-refractivity contribution is -0.153. The van der Waals surface area contributed by atoms with Crippen LogP contribution < -0.4 is 21.7 Å². The quantitative estimate of drug-likeness (QED) is 0.130. The van der Waals surface area contributed by atoms with Crippen LogP contribution in [0.3, 0.4) is 0 Å². The second kappa shape index (κ2) is 11.0. The predicted molar refractivity (Wildman–Crippen MR) is 163 cm³/mol. The molecule has 0 radical (unpaired) electrons. The number of carbonyl (C=O) groups is 3. The van der Waals surface area contributed by atoms with Crippen molar-refractivity contribution < 1.29 is 34.8 Å². The minimum atomic E-state index is -2.72. The third kappa shape index (κ3) is 4.62. The Morgan fingerprint density at radius 3 is 2.48 bits per heavy atom. The molecule has 1 saturated carbocycles. The number of aliphatic hydroxyl groups is 3. The number of aliphatic imine (C=N–C) groups is 1. The fourth-order valence-electron chi connectivity index (χ4n) is 6.62. The van der Waals surface area contributed by atoms with Gasteiger partial charge in [-0.15, -0.1) is 0 Å². The van der Waals surface area contributed by atoms with Crippen LogP contribution in [0.15, 0.2) is 52.5 Å². The highest BCUT2D eigenvalue weighted by atomic mass is 16.3. The number of primary amides is 1. The number of aromatic nitrogens is 1. The van der Waals surface area contributed by atoms with E-state index in [-0.39, 0.29) is 42.0 Å². The molecule has 5 rings (SSSR count). The third-order valence-corrected chi connectivity index (χ3v) is 8.56. The molecule has 44 heavy (non-hydrogen) atoms. The molecule has 4 atom stereocenters. The number of fused-ring (bicyclic) bond motifs is 3. The number of amidine groups is 1. The standard InChI is InChI=1S/C30H35N7O7/c1-36(2)18-10-17(35-19(31)12-34-14-6-5-7-33-11-14)24(38)21-15(18)8-13-9-16-23(37(3)4)26(40)22(29(32)43)28(42)30(16,44)27(41)20(13)25(21)39/h5-7,10-11,13,16,23,34,38-39,42,44H,8-9,12H2,1-4H3,(H2,31,35)(H2,32,43)/t13?,16?,23-,30-/m0/s1. The number of pyridine rings is 1. The minimum Gasteiger partial charge on any atom is -0.508 e. The van der Waals surface area contributed by atoms with Crippen LogP contribution in [-0.2, 0) is 20.8 Å². The number of Topliss-reactive ketones (excluding diaryl/α,β-unsaturated/α-hetero) is 2. The first-order valence-corrected chi connectivity index (χ1v) is 13.9. The van der Waals surface area contributed by atoms with E-state index in [4.69, 9.17) is 11.5 Å². The van der Waals surface area contributed by atoms with Crippen molar-refractivity contribution in [1.82, 2.24) is 9.88 Å². The Kier molecular flexibility index (Phi) is 7.60. The molecule has 0 spiro atoms. The van der Waals surface area contributed by atoms with E-state index in [9.17, 15) is 34.8 Å². The van der Waals surface area contributed by atoms with Crippen LogP contribution in [0.25, 0.3) is 5.76 Å². The molecule has 0 bridgehead atoms. The lowest BCUT2D eigenvalue weighted by Gasteiger charge is -2.50. The second-order valence-electron chi connectivity index (χ2n) is 11.7. The van der Waals surface area contributed by atoms with Gasteiger partial charge in [0.15, 0.2) is 17.1 Å². The summed E-state index contributed by atoms with van der Waals surface area (Å²) in [5.41, 5.74) is 9.48. The molecule has 232 valence electrons. The Bertz CT molecular complexity index is 1670. The van der Waals surface area contributed by atoms with Gasteiger partial charge in [0.1, 0.15) is 28.6 Å². The van der Waals surface area contributed by atoms with Gasteiger partial charge in [0, 0.05) is 43.7 Å². The molecule has 1 fully saturated rings.